The average molecular weight is 171 g/mol. The molecule has 12 heavy (non-hydrogen) atoms. The van der Waals surface area contributed by atoms with E-state index in [4.69, 9.17) is 4.74 Å². The van der Waals surface area contributed by atoms with Gasteiger partial charge in [0.05, 0.1) is 12.7 Å². The molecule has 1 aliphatic rings. The van der Waals surface area contributed by atoms with Gasteiger partial charge in [-0.1, -0.05) is 0 Å². The van der Waals surface area contributed by atoms with Crippen molar-refractivity contribution in [2.45, 2.75) is 32.4 Å². The second-order valence-corrected chi connectivity index (χ2v) is 3.53. The second-order valence-electron chi connectivity index (χ2n) is 3.53. The first kappa shape index (κ1) is 9.68. The van der Waals surface area contributed by atoms with Gasteiger partial charge in [0.2, 0.25) is 0 Å². The van der Waals surface area contributed by atoms with Crippen molar-refractivity contribution in [3.8, 4) is 0 Å². The summed E-state index contributed by atoms with van der Waals surface area (Å²) in [6.45, 7) is 5.38. The van der Waals surface area contributed by atoms with Crippen LogP contribution >= 0.6 is 0 Å². The Morgan fingerprint density at radius 1 is 1.67 bits per heavy atom. The standard InChI is InChI=1S/C9H17NO2/c1-7(11)6-9-8(2)12-5-4-10(9)3/h8-9H,4-6H2,1-3H3. The number of carbonyl (C=O) groups is 1. The molecule has 0 spiro atoms. The van der Waals surface area contributed by atoms with Crippen LogP contribution < -0.4 is 0 Å². The van der Waals surface area contributed by atoms with Gasteiger partial charge in [-0.3, -0.25) is 9.69 Å². The second kappa shape index (κ2) is 4.01. The zero-order valence-corrected chi connectivity index (χ0v) is 8.04. The molecular weight excluding hydrogens is 154 g/mol. The monoisotopic (exact) mass is 171 g/mol. The lowest BCUT2D eigenvalue weighted by Gasteiger charge is -2.36. The van der Waals surface area contributed by atoms with Crippen molar-refractivity contribution in [1.82, 2.24) is 4.90 Å². The number of morpholine rings is 1. The topological polar surface area (TPSA) is 29.5 Å². The summed E-state index contributed by atoms with van der Waals surface area (Å²) in [6.07, 6.45) is 0.796. The summed E-state index contributed by atoms with van der Waals surface area (Å²) in [4.78, 5) is 13.1. The van der Waals surface area contributed by atoms with Crippen molar-refractivity contribution in [3.63, 3.8) is 0 Å². The van der Waals surface area contributed by atoms with E-state index in [0.717, 1.165) is 13.2 Å². The van der Waals surface area contributed by atoms with Crippen LogP contribution in [-0.4, -0.2) is 43.0 Å². The Bertz CT molecular complexity index is 160. The van der Waals surface area contributed by atoms with E-state index in [2.05, 4.69) is 4.90 Å². The van der Waals surface area contributed by atoms with Gasteiger partial charge in [0.15, 0.2) is 0 Å². The quantitative estimate of drug-likeness (QED) is 0.612. The predicted molar refractivity (Wildman–Crippen MR) is 47.1 cm³/mol. The Hall–Kier alpha value is -0.410. The van der Waals surface area contributed by atoms with E-state index < -0.39 is 0 Å². The predicted octanol–water partition coefficient (Wildman–Crippen LogP) is 0.685. The van der Waals surface area contributed by atoms with Gasteiger partial charge in [-0.2, -0.15) is 0 Å². The summed E-state index contributed by atoms with van der Waals surface area (Å²) in [5, 5.41) is 0. The first-order valence-corrected chi connectivity index (χ1v) is 4.42. The van der Waals surface area contributed by atoms with Crippen LogP contribution in [0, 0.1) is 0 Å². The Morgan fingerprint density at radius 2 is 2.33 bits per heavy atom. The van der Waals surface area contributed by atoms with Crippen molar-refractivity contribution < 1.29 is 9.53 Å². The first-order chi connectivity index (χ1) is 5.61. The van der Waals surface area contributed by atoms with Gasteiger partial charge < -0.3 is 4.74 Å². The Morgan fingerprint density at radius 3 is 2.83 bits per heavy atom. The van der Waals surface area contributed by atoms with Crippen LogP contribution in [-0.2, 0) is 9.53 Å². The minimum absolute atomic E-state index is 0.188. The number of carbonyl (C=O) groups excluding carboxylic acids is 1. The van der Waals surface area contributed by atoms with Crippen LogP contribution in [0.25, 0.3) is 0 Å². The molecule has 1 aliphatic heterocycles. The number of hydrogen-bond acceptors (Lipinski definition) is 3. The molecule has 1 fully saturated rings. The summed E-state index contributed by atoms with van der Waals surface area (Å²) in [5.74, 6) is 0.240. The summed E-state index contributed by atoms with van der Waals surface area (Å²) in [6, 6.07) is 0.274. The zero-order chi connectivity index (χ0) is 9.14. The highest BCUT2D eigenvalue weighted by Gasteiger charge is 2.27. The number of likely N-dealkylation sites (N-methyl/N-ethyl adjacent to an activating group) is 1. The van der Waals surface area contributed by atoms with Crippen LogP contribution in [0.1, 0.15) is 20.3 Å². The number of ether oxygens (including phenoxy) is 1. The van der Waals surface area contributed by atoms with Crippen molar-refractivity contribution in [3.05, 3.63) is 0 Å². The Labute approximate surface area is 73.7 Å². The van der Waals surface area contributed by atoms with Gasteiger partial charge in [-0.15, -0.1) is 0 Å². The van der Waals surface area contributed by atoms with E-state index in [1.807, 2.05) is 14.0 Å². The number of nitrogens with zero attached hydrogens (tertiary/aromatic N) is 1. The van der Waals surface area contributed by atoms with Gasteiger partial charge in [0, 0.05) is 19.0 Å². The van der Waals surface area contributed by atoms with Crippen LogP contribution in [0.5, 0.6) is 0 Å². The molecule has 2 atom stereocenters. The lowest BCUT2D eigenvalue weighted by atomic mass is 10.0. The van der Waals surface area contributed by atoms with Crippen molar-refractivity contribution in [2.75, 3.05) is 20.2 Å². The molecule has 0 amide bonds. The molecular formula is C9H17NO2. The minimum Gasteiger partial charge on any atom is -0.376 e. The smallest absolute Gasteiger partial charge is 0.131 e. The highest BCUT2D eigenvalue weighted by atomic mass is 16.5. The lowest BCUT2D eigenvalue weighted by Crippen LogP contribution is -2.48. The van der Waals surface area contributed by atoms with E-state index >= 15 is 0 Å². The molecule has 0 aromatic rings. The van der Waals surface area contributed by atoms with E-state index in [1.54, 1.807) is 6.92 Å². The molecule has 3 nitrogen and oxygen atoms in total. The van der Waals surface area contributed by atoms with E-state index in [1.165, 1.54) is 0 Å². The number of hydrogen-bond donors (Lipinski definition) is 0. The van der Waals surface area contributed by atoms with Gasteiger partial charge in [0.25, 0.3) is 0 Å². The molecule has 0 saturated carbocycles. The van der Waals surface area contributed by atoms with Gasteiger partial charge >= 0.3 is 0 Å². The van der Waals surface area contributed by atoms with Crippen molar-refractivity contribution in [2.24, 2.45) is 0 Å². The van der Waals surface area contributed by atoms with Crippen LogP contribution in [0.4, 0.5) is 0 Å². The maximum atomic E-state index is 10.9. The zero-order valence-electron chi connectivity index (χ0n) is 8.04. The van der Waals surface area contributed by atoms with Gasteiger partial charge in [0.1, 0.15) is 5.78 Å². The maximum absolute atomic E-state index is 10.9. The highest BCUT2D eigenvalue weighted by Crippen LogP contribution is 2.15. The maximum Gasteiger partial charge on any atom is 0.131 e. The summed E-state index contributed by atoms with van der Waals surface area (Å²) < 4.78 is 5.47. The highest BCUT2D eigenvalue weighted by molar-refractivity contribution is 5.76. The molecule has 0 radical (unpaired) electrons. The summed E-state index contributed by atoms with van der Waals surface area (Å²) >= 11 is 0. The van der Waals surface area contributed by atoms with E-state index in [9.17, 15) is 4.79 Å². The largest absolute Gasteiger partial charge is 0.376 e. The van der Waals surface area contributed by atoms with Crippen molar-refractivity contribution >= 4 is 5.78 Å². The fraction of sp³-hybridized carbons (Fsp3) is 0.889. The van der Waals surface area contributed by atoms with Gasteiger partial charge in [-0.25, -0.2) is 0 Å². The third-order valence-corrected chi connectivity index (χ3v) is 2.43. The van der Waals surface area contributed by atoms with E-state index in [0.29, 0.717) is 6.42 Å². The van der Waals surface area contributed by atoms with Crippen molar-refractivity contribution in [1.29, 1.82) is 0 Å². The van der Waals surface area contributed by atoms with Crippen LogP contribution in [0.3, 0.4) is 0 Å². The Kier molecular flexibility index (Phi) is 3.23. The van der Waals surface area contributed by atoms with E-state index in [-0.39, 0.29) is 17.9 Å². The molecule has 3 heteroatoms. The van der Waals surface area contributed by atoms with Gasteiger partial charge in [-0.05, 0) is 20.9 Å². The SMILES string of the molecule is CC(=O)CC1C(C)OCCN1C. The number of rotatable bonds is 2. The average Bonchev–Trinajstić information content (AvgIpc) is 1.97. The molecule has 1 saturated heterocycles. The molecule has 0 N–H and O–H groups in total. The summed E-state index contributed by atoms with van der Waals surface area (Å²) in [5.41, 5.74) is 0. The fourth-order valence-corrected chi connectivity index (χ4v) is 1.63. The van der Waals surface area contributed by atoms with Crippen LogP contribution in [0.15, 0.2) is 0 Å². The number of ketones is 1. The molecule has 2 unspecified atom stereocenters. The lowest BCUT2D eigenvalue weighted by molar-refractivity contribution is -0.122. The molecule has 1 rings (SSSR count). The Balaban J connectivity index is 2.50. The third kappa shape index (κ3) is 2.29. The fourth-order valence-electron chi connectivity index (χ4n) is 1.63. The summed E-state index contributed by atoms with van der Waals surface area (Å²) in [7, 11) is 2.05. The molecule has 0 bridgehead atoms. The minimum atomic E-state index is 0.188. The molecule has 70 valence electrons. The first-order valence-electron chi connectivity index (χ1n) is 4.42. The molecule has 0 aromatic heterocycles. The third-order valence-electron chi connectivity index (χ3n) is 2.43. The molecule has 1 heterocycles. The molecule has 0 aliphatic carbocycles. The molecule has 0 aromatic carbocycles. The van der Waals surface area contributed by atoms with Crippen LogP contribution in [0.2, 0.25) is 0 Å². The normalized spacial score (nSPS) is 31.9. The number of Topliss-reactive ketones (excluding diaryl/α,β-unsaturated/α-hetero) is 1.